The van der Waals surface area contributed by atoms with Gasteiger partial charge in [0.2, 0.25) is 0 Å². The minimum Gasteiger partial charge on any atom is -0.377 e. The van der Waals surface area contributed by atoms with Gasteiger partial charge < -0.3 is 15.5 Å². The first-order chi connectivity index (χ1) is 8.81. The molecule has 0 aliphatic rings. The molecule has 4 N–H and O–H groups in total. The van der Waals surface area contributed by atoms with Crippen molar-refractivity contribution in [2.45, 2.75) is 13.2 Å². The van der Waals surface area contributed by atoms with E-state index in [9.17, 15) is 0 Å². The largest absolute Gasteiger partial charge is 0.377 e. The lowest BCUT2D eigenvalue weighted by Gasteiger charge is -2.08. The van der Waals surface area contributed by atoms with Gasteiger partial charge in [-0.25, -0.2) is 20.8 Å². The fourth-order valence-corrected chi connectivity index (χ4v) is 1.92. The molecule has 0 atom stereocenters. The highest BCUT2D eigenvalue weighted by atomic mass is 32.1. The molecule has 8 heteroatoms. The third-order valence-electron chi connectivity index (χ3n) is 2.10. The minimum atomic E-state index is 0.335. The molecule has 2 aromatic rings. The van der Waals surface area contributed by atoms with Crippen molar-refractivity contribution in [3.63, 3.8) is 0 Å². The Morgan fingerprint density at radius 3 is 2.89 bits per heavy atom. The number of aromatic nitrogens is 3. The summed E-state index contributed by atoms with van der Waals surface area (Å²) in [6.45, 7) is 0.951. The Kier molecular flexibility index (Phi) is 4.40. The van der Waals surface area contributed by atoms with Crippen LogP contribution in [0.4, 0.5) is 11.6 Å². The number of thiazole rings is 1. The molecular weight excluding hydrogens is 252 g/mol. The Labute approximate surface area is 108 Å². The molecule has 0 saturated carbocycles. The summed E-state index contributed by atoms with van der Waals surface area (Å²) in [4.78, 5) is 12.6. The Bertz CT molecular complexity index is 489. The maximum Gasteiger partial charge on any atom is 0.158 e. The topological polar surface area (TPSA) is 98.0 Å². The third kappa shape index (κ3) is 3.36. The standard InChI is InChI=1S/C10H14N6OS/c1-17-6-9-14-7(4-8(15-9)16-11)13-5-10-12-2-3-18-10/h2-4H,5-6,11H2,1H3,(H2,13,14,15,16). The first-order valence-electron chi connectivity index (χ1n) is 5.27. The van der Waals surface area contributed by atoms with Gasteiger partial charge in [-0.1, -0.05) is 0 Å². The molecule has 0 spiro atoms. The molecule has 0 amide bonds. The lowest BCUT2D eigenvalue weighted by Crippen LogP contribution is -2.12. The van der Waals surface area contributed by atoms with Crippen LogP contribution < -0.4 is 16.6 Å². The quantitative estimate of drug-likeness (QED) is 0.529. The Morgan fingerprint density at radius 2 is 2.22 bits per heavy atom. The summed E-state index contributed by atoms with van der Waals surface area (Å²) >= 11 is 1.58. The zero-order chi connectivity index (χ0) is 12.8. The Balaban J connectivity index is 2.08. The van der Waals surface area contributed by atoms with E-state index in [1.54, 1.807) is 30.7 Å². The molecule has 7 nitrogen and oxygen atoms in total. The third-order valence-corrected chi connectivity index (χ3v) is 2.88. The maximum absolute atomic E-state index is 5.36. The molecular formula is C10H14N6OS. The molecule has 0 unspecified atom stereocenters. The molecule has 0 radical (unpaired) electrons. The summed E-state index contributed by atoms with van der Waals surface area (Å²) in [6.07, 6.45) is 1.77. The van der Waals surface area contributed by atoms with E-state index in [0.29, 0.717) is 30.6 Å². The number of methoxy groups -OCH3 is 1. The van der Waals surface area contributed by atoms with Gasteiger partial charge in [0.05, 0.1) is 6.54 Å². The van der Waals surface area contributed by atoms with Crippen molar-refractivity contribution in [3.05, 3.63) is 28.5 Å². The first kappa shape index (κ1) is 12.7. The number of anilines is 2. The first-order valence-corrected chi connectivity index (χ1v) is 6.15. The van der Waals surface area contributed by atoms with E-state index in [1.807, 2.05) is 5.38 Å². The van der Waals surface area contributed by atoms with Crippen LogP contribution in [-0.2, 0) is 17.9 Å². The summed E-state index contributed by atoms with van der Waals surface area (Å²) in [7, 11) is 1.59. The van der Waals surface area contributed by atoms with Gasteiger partial charge in [0.1, 0.15) is 23.3 Å². The number of nitrogens with two attached hydrogens (primary N) is 1. The average molecular weight is 266 g/mol. The van der Waals surface area contributed by atoms with E-state index in [2.05, 4.69) is 25.7 Å². The smallest absolute Gasteiger partial charge is 0.158 e. The molecule has 2 aromatic heterocycles. The number of rotatable bonds is 6. The van der Waals surface area contributed by atoms with Crippen LogP contribution in [0, 0.1) is 0 Å². The van der Waals surface area contributed by atoms with Crippen molar-refractivity contribution in [1.29, 1.82) is 0 Å². The summed E-state index contributed by atoms with van der Waals surface area (Å²) in [6, 6.07) is 1.73. The number of hydrogen-bond donors (Lipinski definition) is 3. The number of hydrazine groups is 1. The van der Waals surface area contributed by atoms with Crippen molar-refractivity contribution >= 4 is 23.0 Å². The molecule has 96 valence electrons. The number of hydrogen-bond acceptors (Lipinski definition) is 8. The van der Waals surface area contributed by atoms with Gasteiger partial charge in [-0.05, 0) is 0 Å². The monoisotopic (exact) mass is 266 g/mol. The van der Waals surface area contributed by atoms with Crippen LogP contribution in [-0.4, -0.2) is 22.1 Å². The highest BCUT2D eigenvalue weighted by Crippen LogP contribution is 2.13. The van der Waals surface area contributed by atoms with Crippen LogP contribution in [0.2, 0.25) is 0 Å². The van der Waals surface area contributed by atoms with Crippen LogP contribution >= 0.6 is 11.3 Å². The van der Waals surface area contributed by atoms with E-state index in [0.717, 1.165) is 5.01 Å². The Hall–Kier alpha value is -1.77. The van der Waals surface area contributed by atoms with E-state index in [-0.39, 0.29) is 0 Å². The second-order valence-electron chi connectivity index (χ2n) is 3.41. The van der Waals surface area contributed by atoms with Gasteiger partial charge in [-0.3, -0.25) is 0 Å². The van der Waals surface area contributed by atoms with Gasteiger partial charge in [0.25, 0.3) is 0 Å². The number of nitrogen functional groups attached to an aromatic ring is 1. The van der Waals surface area contributed by atoms with Crippen LogP contribution in [0.3, 0.4) is 0 Å². The van der Waals surface area contributed by atoms with Crippen LogP contribution in [0.15, 0.2) is 17.6 Å². The number of nitrogens with one attached hydrogen (secondary N) is 2. The van der Waals surface area contributed by atoms with Crippen molar-refractivity contribution in [3.8, 4) is 0 Å². The van der Waals surface area contributed by atoms with Crippen molar-refractivity contribution in [2.75, 3.05) is 17.9 Å². The van der Waals surface area contributed by atoms with E-state index >= 15 is 0 Å². The van der Waals surface area contributed by atoms with E-state index < -0.39 is 0 Å². The predicted molar refractivity (Wildman–Crippen MR) is 70.0 cm³/mol. The van der Waals surface area contributed by atoms with Gasteiger partial charge in [-0.15, -0.1) is 11.3 Å². The molecule has 0 bridgehead atoms. The second-order valence-corrected chi connectivity index (χ2v) is 4.39. The van der Waals surface area contributed by atoms with Crippen LogP contribution in [0.5, 0.6) is 0 Å². The molecule has 0 aromatic carbocycles. The average Bonchev–Trinajstić information content (AvgIpc) is 2.89. The molecule has 0 aliphatic heterocycles. The van der Waals surface area contributed by atoms with Gasteiger partial charge in [0.15, 0.2) is 5.82 Å². The lowest BCUT2D eigenvalue weighted by molar-refractivity contribution is 0.178. The summed E-state index contributed by atoms with van der Waals surface area (Å²) in [5.74, 6) is 7.14. The maximum atomic E-state index is 5.36. The molecule has 0 fully saturated rings. The molecule has 18 heavy (non-hydrogen) atoms. The molecule has 2 rings (SSSR count). The zero-order valence-corrected chi connectivity index (χ0v) is 10.7. The molecule has 0 aliphatic carbocycles. The fraction of sp³-hybridized carbons (Fsp3) is 0.300. The Morgan fingerprint density at radius 1 is 1.39 bits per heavy atom. The van der Waals surface area contributed by atoms with Crippen molar-refractivity contribution < 1.29 is 4.74 Å². The van der Waals surface area contributed by atoms with E-state index in [4.69, 9.17) is 10.6 Å². The van der Waals surface area contributed by atoms with Gasteiger partial charge in [0, 0.05) is 24.8 Å². The normalized spacial score (nSPS) is 10.3. The van der Waals surface area contributed by atoms with Crippen LogP contribution in [0.1, 0.15) is 10.8 Å². The van der Waals surface area contributed by atoms with Crippen molar-refractivity contribution in [1.82, 2.24) is 15.0 Å². The molecule has 2 heterocycles. The van der Waals surface area contributed by atoms with E-state index in [1.165, 1.54) is 0 Å². The fourth-order valence-electron chi connectivity index (χ4n) is 1.36. The summed E-state index contributed by atoms with van der Waals surface area (Å²) in [5, 5.41) is 6.09. The zero-order valence-electron chi connectivity index (χ0n) is 9.88. The van der Waals surface area contributed by atoms with Gasteiger partial charge in [-0.2, -0.15) is 0 Å². The number of ether oxygens (including phenoxy) is 1. The predicted octanol–water partition coefficient (Wildman–Crippen LogP) is 0.977. The SMILES string of the molecule is COCc1nc(NN)cc(NCc2nccs2)n1. The second kappa shape index (κ2) is 6.24. The summed E-state index contributed by atoms with van der Waals surface area (Å²) < 4.78 is 5.00. The van der Waals surface area contributed by atoms with Crippen LogP contribution in [0.25, 0.3) is 0 Å². The highest BCUT2D eigenvalue weighted by Gasteiger charge is 2.04. The summed E-state index contributed by atoms with van der Waals surface area (Å²) in [5.41, 5.74) is 2.50. The minimum absolute atomic E-state index is 0.335. The lowest BCUT2D eigenvalue weighted by atomic mass is 10.4. The van der Waals surface area contributed by atoms with Crippen molar-refractivity contribution in [2.24, 2.45) is 5.84 Å². The number of nitrogens with zero attached hydrogens (tertiary/aromatic N) is 3. The molecule has 0 saturated heterocycles. The van der Waals surface area contributed by atoms with Gasteiger partial charge >= 0.3 is 0 Å². The highest BCUT2D eigenvalue weighted by molar-refractivity contribution is 7.09.